The number of nitrogens with one attached hydrogen (secondary N) is 1. The maximum Gasteiger partial charge on any atom is 0.343 e. The van der Waals surface area contributed by atoms with E-state index < -0.39 is 0 Å². The lowest BCUT2D eigenvalue weighted by Gasteiger charge is -2.15. The molecule has 0 saturated heterocycles. The van der Waals surface area contributed by atoms with E-state index in [0.29, 0.717) is 5.75 Å². The highest BCUT2D eigenvalue weighted by Crippen LogP contribution is 2.27. The van der Waals surface area contributed by atoms with Gasteiger partial charge < -0.3 is 14.8 Å². The number of thiophene rings is 1. The van der Waals surface area contributed by atoms with Crippen LogP contribution in [0.5, 0.6) is 5.75 Å². The van der Waals surface area contributed by atoms with Crippen LogP contribution in [0.2, 0.25) is 0 Å². The van der Waals surface area contributed by atoms with Crippen molar-refractivity contribution in [2.45, 2.75) is 19.9 Å². The van der Waals surface area contributed by atoms with Gasteiger partial charge in [-0.15, -0.1) is 11.3 Å². The molecule has 0 aliphatic carbocycles. The molecule has 2 aromatic rings. The zero-order valence-corrected chi connectivity index (χ0v) is 13.2. The number of hydrogen-bond acceptors (Lipinski definition) is 5. The van der Waals surface area contributed by atoms with Crippen LogP contribution >= 0.6 is 11.3 Å². The molecule has 0 aliphatic heterocycles. The fourth-order valence-electron chi connectivity index (χ4n) is 1.99. The molecule has 112 valence electrons. The van der Waals surface area contributed by atoms with Gasteiger partial charge >= 0.3 is 5.97 Å². The molecule has 1 aromatic carbocycles. The fourth-order valence-corrected chi connectivity index (χ4v) is 2.93. The average Bonchev–Trinajstić information content (AvgIpc) is 2.92. The van der Waals surface area contributed by atoms with E-state index in [4.69, 9.17) is 4.74 Å². The SMILES string of the molecule is COC(=O)COc1ccc(NC(C)c2sccc2C)cc1. The van der Waals surface area contributed by atoms with Crippen LogP contribution in [0, 0.1) is 6.92 Å². The van der Waals surface area contributed by atoms with Gasteiger partial charge in [0.25, 0.3) is 0 Å². The Hall–Kier alpha value is -2.01. The summed E-state index contributed by atoms with van der Waals surface area (Å²) in [5.41, 5.74) is 2.32. The Kier molecular flexibility index (Phi) is 5.22. The lowest BCUT2D eigenvalue weighted by atomic mass is 10.2. The number of aryl methyl sites for hydroxylation is 1. The minimum Gasteiger partial charge on any atom is -0.482 e. The third kappa shape index (κ3) is 4.23. The van der Waals surface area contributed by atoms with Crippen LogP contribution in [0.25, 0.3) is 0 Å². The molecule has 0 aliphatic rings. The summed E-state index contributed by atoms with van der Waals surface area (Å²) in [7, 11) is 1.34. The first-order valence-electron chi connectivity index (χ1n) is 6.70. The monoisotopic (exact) mass is 305 g/mol. The molecule has 21 heavy (non-hydrogen) atoms. The molecule has 0 radical (unpaired) electrons. The highest BCUT2D eigenvalue weighted by molar-refractivity contribution is 7.10. The number of ether oxygens (including phenoxy) is 2. The molecule has 0 amide bonds. The number of methoxy groups -OCH3 is 1. The van der Waals surface area contributed by atoms with Crippen LogP contribution in [0.1, 0.15) is 23.4 Å². The molecule has 1 aromatic heterocycles. The maximum absolute atomic E-state index is 11.0. The molecule has 5 heteroatoms. The highest BCUT2D eigenvalue weighted by Gasteiger charge is 2.09. The number of carbonyl (C=O) groups excluding carboxylic acids is 1. The minimum atomic E-state index is -0.390. The Balaban J connectivity index is 1.93. The molecule has 1 unspecified atom stereocenters. The lowest BCUT2D eigenvalue weighted by molar-refractivity contribution is -0.142. The smallest absolute Gasteiger partial charge is 0.343 e. The molecule has 0 fully saturated rings. The fraction of sp³-hybridized carbons (Fsp3) is 0.312. The van der Waals surface area contributed by atoms with E-state index in [1.807, 2.05) is 24.3 Å². The van der Waals surface area contributed by atoms with Crippen LogP contribution in [0.3, 0.4) is 0 Å². The van der Waals surface area contributed by atoms with Crippen molar-refractivity contribution in [1.82, 2.24) is 0 Å². The van der Waals surface area contributed by atoms with E-state index in [2.05, 4.69) is 35.3 Å². The second-order valence-corrected chi connectivity index (χ2v) is 5.67. The molecule has 1 heterocycles. The summed E-state index contributed by atoms with van der Waals surface area (Å²) in [6.07, 6.45) is 0. The number of hydrogen-bond donors (Lipinski definition) is 1. The van der Waals surface area contributed by atoms with Crippen molar-refractivity contribution in [3.63, 3.8) is 0 Å². The summed E-state index contributed by atoms with van der Waals surface area (Å²) in [6, 6.07) is 9.92. The van der Waals surface area contributed by atoms with Crippen LogP contribution in [-0.4, -0.2) is 19.7 Å². The molecular formula is C16H19NO3S. The van der Waals surface area contributed by atoms with E-state index in [0.717, 1.165) is 5.69 Å². The van der Waals surface area contributed by atoms with Gasteiger partial charge in [0.1, 0.15) is 5.75 Å². The molecule has 4 nitrogen and oxygen atoms in total. The first kappa shape index (κ1) is 15.4. The van der Waals surface area contributed by atoms with Gasteiger partial charge in [0, 0.05) is 10.6 Å². The molecule has 2 rings (SSSR count). The average molecular weight is 305 g/mol. The standard InChI is InChI=1S/C16H19NO3S/c1-11-8-9-21-16(11)12(2)17-13-4-6-14(7-5-13)20-10-15(18)19-3/h4-9,12,17H,10H2,1-3H3. The van der Waals surface area contributed by atoms with Crippen molar-refractivity contribution in [3.05, 3.63) is 46.2 Å². The van der Waals surface area contributed by atoms with Crippen LogP contribution < -0.4 is 10.1 Å². The number of esters is 1. The summed E-state index contributed by atoms with van der Waals surface area (Å²) in [4.78, 5) is 12.3. The lowest BCUT2D eigenvalue weighted by Crippen LogP contribution is -2.12. The number of anilines is 1. The van der Waals surface area contributed by atoms with Crippen LogP contribution in [-0.2, 0) is 9.53 Å². The Bertz CT molecular complexity index is 592. The Morgan fingerprint density at radius 3 is 2.57 bits per heavy atom. The predicted molar refractivity (Wildman–Crippen MR) is 85.0 cm³/mol. The second kappa shape index (κ2) is 7.13. The topological polar surface area (TPSA) is 47.6 Å². The maximum atomic E-state index is 11.0. The summed E-state index contributed by atoms with van der Waals surface area (Å²) in [5.74, 6) is 0.255. The van der Waals surface area contributed by atoms with Crippen molar-refractivity contribution in [1.29, 1.82) is 0 Å². The minimum absolute atomic E-state index is 0.0753. The summed E-state index contributed by atoms with van der Waals surface area (Å²) >= 11 is 1.76. The van der Waals surface area contributed by atoms with E-state index in [1.165, 1.54) is 17.6 Å². The van der Waals surface area contributed by atoms with E-state index in [1.54, 1.807) is 11.3 Å². The predicted octanol–water partition coefficient (Wildman–Crippen LogP) is 3.78. The Morgan fingerprint density at radius 1 is 1.29 bits per heavy atom. The second-order valence-electron chi connectivity index (χ2n) is 4.72. The van der Waals surface area contributed by atoms with Crippen molar-refractivity contribution < 1.29 is 14.3 Å². The zero-order chi connectivity index (χ0) is 15.2. The van der Waals surface area contributed by atoms with Crippen molar-refractivity contribution >= 4 is 23.0 Å². The first-order valence-corrected chi connectivity index (χ1v) is 7.58. The number of rotatable bonds is 6. The van der Waals surface area contributed by atoms with Gasteiger partial charge in [-0.25, -0.2) is 4.79 Å². The molecular weight excluding hydrogens is 286 g/mol. The van der Waals surface area contributed by atoms with E-state index >= 15 is 0 Å². The number of benzene rings is 1. The molecule has 0 spiro atoms. The van der Waals surface area contributed by atoms with E-state index in [9.17, 15) is 4.79 Å². The molecule has 0 bridgehead atoms. The third-order valence-electron chi connectivity index (χ3n) is 3.12. The summed E-state index contributed by atoms with van der Waals surface area (Å²) in [5, 5.41) is 5.56. The highest BCUT2D eigenvalue weighted by atomic mass is 32.1. The van der Waals surface area contributed by atoms with Gasteiger partial charge in [-0.05, 0) is 55.1 Å². The molecule has 0 saturated carbocycles. The summed E-state index contributed by atoms with van der Waals surface area (Å²) in [6.45, 7) is 4.18. The Labute approximate surface area is 128 Å². The van der Waals surface area contributed by atoms with Gasteiger partial charge in [0.15, 0.2) is 6.61 Å². The quantitative estimate of drug-likeness (QED) is 0.825. The molecule has 1 N–H and O–H groups in total. The van der Waals surface area contributed by atoms with Gasteiger partial charge in [0.05, 0.1) is 13.2 Å². The van der Waals surface area contributed by atoms with Gasteiger partial charge in [-0.2, -0.15) is 0 Å². The number of carbonyl (C=O) groups is 1. The van der Waals surface area contributed by atoms with E-state index in [-0.39, 0.29) is 18.6 Å². The van der Waals surface area contributed by atoms with Crippen LogP contribution in [0.4, 0.5) is 5.69 Å². The largest absolute Gasteiger partial charge is 0.482 e. The normalized spacial score (nSPS) is 11.8. The third-order valence-corrected chi connectivity index (χ3v) is 4.32. The van der Waals surface area contributed by atoms with Crippen molar-refractivity contribution in [3.8, 4) is 5.75 Å². The van der Waals surface area contributed by atoms with Crippen LogP contribution in [0.15, 0.2) is 35.7 Å². The van der Waals surface area contributed by atoms with Gasteiger partial charge in [-0.1, -0.05) is 0 Å². The molecule has 1 atom stereocenters. The Morgan fingerprint density at radius 2 is 2.00 bits per heavy atom. The van der Waals surface area contributed by atoms with Crippen molar-refractivity contribution in [2.24, 2.45) is 0 Å². The summed E-state index contributed by atoms with van der Waals surface area (Å²) < 4.78 is 9.84. The van der Waals surface area contributed by atoms with Crippen molar-refractivity contribution in [2.75, 3.05) is 19.0 Å². The first-order chi connectivity index (χ1) is 10.1. The van der Waals surface area contributed by atoms with Gasteiger partial charge in [-0.3, -0.25) is 0 Å². The van der Waals surface area contributed by atoms with Gasteiger partial charge in [0.2, 0.25) is 0 Å². The zero-order valence-electron chi connectivity index (χ0n) is 12.4.